The number of hydrogen-bond acceptors (Lipinski definition) is 7. The molecule has 2 aromatic rings. The zero-order chi connectivity index (χ0) is 18.6. The van der Waals surface area contributed by atoms with Crippen molar-refractivity contribution in [2.75, 3.05) is 13.7 Å². The molecule has 1 aromatic carbocycles. The Bertz CT molecular complexity index is 786. The summed E-state index contributed by atoms with van der Waals surface area (Å²) in [6.07, 6.45) is 0.309. The van der Waals surface area contributed by atoms with Crippen molar-refractivity contribution < 1.29 is 24.3 Å². The summed E-state index contributed by atoms with van der Waals surface area (Å²) < 4.78 is 11.7. The molecule has 0 saturated heterocycles. The van der Waals surface area contributed by atoms with E-state index < -0.39 is 17.0 Å². The Kier molecular flexibility index (Phi) is 5.71. The van der Waals surface area contributed by atoms with Crippen LogP contribution in [0.4, 0.5) is 5.82 Å². The summed E-state index contributed by atoms with van der Waals surface area (Å²) >= 11 is 0. The zero-order valence-electron chi connectivity index (χ0n) is 14.1. The standard InChI is InChI=1S/C16H19N3O6/c1-10-4-5-14(13(6-10)16(21)24-3)25-9-12(20)7-18-8-15(19(22)23)17-11(18)2/h4-6,8,12,20H,7,9H2,1-3H3/t12-/m0/s1. The predicted molar refractivity (Wildman–Crippen MR) is 87.6 cm³/mol. The SMILES string of the molecule is COC(=O)c1cc(C)ccc1OC[C@@H](O)Cn1cc([N+](=O)[O-])nc1C. The minimum absolute atomic E-state index is 0.0755. The van der Waals surface area contributed by atoms with Crippen LogP contribution >= 0.6 is 0 Å². The molecule has 0 fully saturated rings. The number of ether oxygens (including phenoxy) is 2. The quantitative estimate of drug-likeness (QED) is 0.459. The first-order valence-electron chi connectivity index (χ1n) is 7.49. The summed E-state index contributed by atoms with van der Waals surface area (Å²) in [7, 11) is 1.28. The molecule has 0 saturated carbocycles. The normalized spacial score (nSPS) is 11.8. The van der Waals surface area contributed by atoms with E-state index in [1.807, 2.05) is 6.92 Å². The number of nitro groups is 1. The Labute approximate surface area is 144 Å². The van der Waals surface area contributed by atoms with Gasteiger partial charge in [-0.15, -0.1) is 0 Å². The number of nitrogens with zero attached hydrogens (tertiary/aromatic N) is 3. The number of esters is 1. The fourth-order valence-corrected chi connectivity index (χ4v) is 2.27. The molecule has 0 aliphatic carbocycles. The molecule has 134 valence electrons. The second-order valence-electron chi connectivity index (χ2n) is 5.51. The summed E-state index contributed by atoms with van der Waals surface area (Å²) in [5, 5.41) is 20.8. The first-order valence-corrected chi connectivity index (χ1v) is 7.49. The maximum absolute atomic E-state index is 11.8. The average Bonchev–Trinajstić information content (AvgIpc) is 2.94. The fraction of sp³-hybridized carbons (Fsp3) is 0.375. The van der Waals surface area contributed by atoms with Gasteiger partial charge in [-0.05, 0) is 29.0 Å². The molecule has 25 heavy (non-hydrogen) atoms. The van der Waals surface area contributed by atoms with E-state index in [0.717, 1.165) is 5.56 Å². The van der Waals surface area contributed by atoms with Crippen LogP contribution in [0.25, 0.3) is 0 Å². The second kappa shape index (κ2) is 7.75. The third kappa shape index (κ3) is 4.54. The Hall–Kier alpha value is -2.94. The van der Waals surface area contributed by atoms with Gasteiger partial charge in [0.2, 0.25) is 5.82 Å². The van der Waals surface area contributed by atoms with Crippen molar-refractivity contribution in [2.24, 2.45) is 0 Å². The lowest BCUT2D eigenvalue weighted by Gasteiger charge is -2.15. The molecule has 0 radical (unpaired) electrons. The van der Waals surface area contributed by atoms with E-state index in [-0.39, 0.29) is 24.5 Å². The largest absolute Gasteiger partial charge is 0.490 e. The lowest BCUT2D eigenvalue weighted by molar-refractivity contribution is -0.389. The van der Waals surface area contributed by atoms with Crippen LogP contribution in [0, 0.1) is 24.0 Å². The number of hydrogen-bond donors (Lipinski definition) is 1. The number of rotatable bonds is 7. The topological polar surface area (TPSA) is 117 Å². The molecule has 9 heteroatoms. The third-order valence-corrected chi connectivity index (χ3v) is 3.53. The first-order chi connectivity index (χ1) is 11.8. The monoisotopic (exact) mass is 349 g/mol. The molecule has 2 rings (SSSR count). The van der Waals surface area contributed by atoms with E-state index in [2.05, 4.69) is 4.98 Å². The molecule has 9 nitrogen and oxygen atoms in total. The Balaban J connectivity index is 2.04. The van der Waals surface area contributed by atoms with Crippen molar-refractivity contribution in [3.8, 4) is 5.75 Å². The number of aliphatic hydroxyl groups excluding tert-OH is 1. The number of benzene rings is 1. The maximum atomic E-state index is 11.8. The van der Waals surface area contributed by atoms with Crippen LogP contribution in [0.2, 0.25) is 0 Å². The van der Waals surface area contributed by atoms with E-state index in [1.165, 1.54) is 17.9 Å². The van der Waals surface area contributed by atoms with Gasteiger partial charge in [-0.1, -0.05) is 11.6 Å². The van der Waals surface area contributed by atoms with Crippen LogP contribution in [0.15, 0.2) is 24.4 Å². The Morgan fingerprint density at radius 2 is 2.16 bits per heavy atom. The summed E-state index contributed by atoms with van der Waals surface area (Å²) in [6, 6.07) is 5.04. The van der Waals surface area contributed by atoms with Crippen molar-refractivity contribution in [1.29, 1.82) is 0 Å². The number of aliphatic hydroxyl groups is 1. The molecule has 1 aromatic heterocycles. The molecule has 1 atom stereocenters. The van der Waals surface area contributed by atoms with E-state index in [4.69, 9.17) is 9.47 Å². The van der Waals surface area contributed by atoms with Gasteiger partial charge in [-0.2, -0.15) is 0 Å². The number of methoxy groups -OCH3 is 1. The summed E-state index contributed by atoms with van der Waals surface area (Å²) in [5.74, 6) is -0.104. The van der Waals surface area contributed by atoms with Gasteiger partial charge in [0.05, 0.1) is 13.7 Å². The molecule has 0 unspecified atom stereocenters. The molecular formula is C16H19N3O6. The molecule has 0 aliphatic heterocycles. The summed E-state index contributed by atoms with van der Waals surface area (Å²) in [5.41, 5.74) is 1.14. The second-order valence-corrected chi connectivity index (χ2v) is 5.51. The Morgan fingerprint density at radius 1 is 1.44 bits per heavy atom. The summed E-state index contributed by atoms with van der Waals surface area (Å²) in [6.45, 7) is 3.42. The van der Waals surface area contributed by atoms with Crippen LogP contribution in [-0.4, -0.2) is 45.4 Å². The lowest BCUT2D eigenvalue weighted by Crippen LogP contribution is -2.24. The lowest BCUT2D eigenvalue weighted by atomic mass is 10.1. The molecule has 0 bridgehead atoms. The van der Waals surface area contributed by atoms with Gasteiger partial charge in [-0.25, -0.2) is 4.79 Å². The first kappa shape index (κ1) is 18.4. The van der Waals surface area contributed by atoms with Gasteiger partial charge in [0.1, 0.15) is 30.2 Å². The highest BCUT2D eigenvalue weighted by molar-refractivity contribution is 5.92. The van der Waals surface area contributed by atoms with Crippen molar-refractivity contribution >= 4 is 11.8 Å². The van der Waals surface area contributed by atoms with E-state index >= 15 is 0 Å². The van der Waals surface area contributed by atoms with Crippen LogP contribution in [0.1, 0.15) is 21.7 Å². The van der Waals surface area contributed by atoms with Crippen molar-refractivity contribution in [2.45, 2.75) is 26.5 Å². The van der Waals surface area contributed by atoms with Crippen LogP contribution < -0.4 is 4.74 Å². The van der Waals surface area contributed by atoms with Crippen LogP contribution in [-0.2, 0) is 11.3 Å². The van der Waals surface area contributed by atoms with Gasteiger partial charge >= 0.3 is 11.8 Å². The van der Waals surface area contributed by atoms with E-state index in [0.29, 0.717) is 11.6 Å². The molecule has 0 spiro atoms. The van der Waals surface area contributed by atoms with Crippen molar-refractivity contribution in [3.63, 3.8) is 0 Å². The van der Waals surface area contributed by atoms with Gasteiger partial charge in [0, 0.05) is 6.92 Å². The molecular weight excluding hydrogens is 330 g/mol. The fourth-order valence-electron chi connectivity index (χ4n) is 2.27. The van der Waals surface area contributed by atoms with E-state index in [1.54, 1.807) is 25.1 Å². The molecule has 1 N–H and O–H groups in total. The van der Waals surface area contributed by atoms with Gasteiger partial charge in [0.25, 0.3) is 0 Å². The third-order valence-electron chi connectivity index (χ3n) is 3.53. The highest BCUT2D eigenvalue weighted by atomic mass is 16.6. The molecule has 1 heterocycles. The van der Waals surface area contributed by atoms with Gasteiger partial charge in [0.15, 0.2) is 0 Å². The van der Waals surface area contributed by atoms with Crippen LogP contribution in [0.5, 0.6) is 5.75 Å². The number of aryl methyl sites for hydroxylation is 2. The van der Waals surface area contributed by atoms with Crippen molar-refractivity contribution in [3.05, 3.63) is 51.5 Å². The van der Waals surface area contributed by atoms with E-state index in [9.17, 15) is 20.0 Å². The highest BCUT2D eigenvalue weighted by Crippen LogP contribution is 2.21. The number of carbonyl (C=O) groups is 1. The van der Waals surface area contributed by atoms with Crippen LogP contribution in [0.3, 0.4) is 0 Å². The minimum Gasteiger partial charge on any atom is -0.490 e. The van der Waals surface area contributed by atoms with Gasteiger partial charge < -0.3 is 29.3 Å². The number of imidazole rings is 1. The Morgan fingerprint density at radius 3 is 2.76 bits per heavy atom. The maximum Gasteiger partial charge on any atom is 0.381 e. The van der Waals surface area contributed by atoms with Gasteiger partial charge in [-0.3, -0.25) is 0 Å². The average molecular weight is 349 g/mol. The minimum atomic E-state index is -0.945. The number of aromatic nitrogens is 2. The zero-order valence-corrected chi connectivity index (χ0v) is 14.1. The summed E-state index contributed by atoms with van der Waals surface area (Å²) in [4.78, 5) is 25.7. The molecule has 0 aliphatic rings. The van der Waals surface area contributed by atoms with Crippen molar-refractivity contribution in [1.82, 2.24) is 9.55 Å². The smallest absolute Gasteiger partial charge is 0.381 e. The predicted octanol–water partition coefficient (Wildman–Crippen LogP) is 1.63. The number of carbonyl (C=O) groups excluding carboxylic acids is 1. The highest BCUT2D eigenvalue weighted by Gasteiger charge is 2.19. The molecule has 0 amide bonds.